The fourth-order valence-electron chi connectivity index (χ4n) is 3.83. The second kappa shape index (κ2) is 9.43. The molecule has 0 N–H and O–H groups in total. The topological polar surface area (TPSA) is 71.2 Å². The van der Waals surface area contributed by atoms with Crippen molar-refractivity contribution in [1.29, 1.82) is 5.26 Å². The second-order valence-electron chi connectivity index (χ2n) is 7.51. The molecule has 3 rings (SSSR count). The van der Waals surface area contributed by atoms with Crippen LogP contribution in [0.15, 0.2) is 18.2 Å². The van der Waals surface area contributed by atoms with Crippen LogP contribution in [0.4, 0.5) is 0 Å². The third-order valence-corrected chi connectivity index (χ3v) is 5.99. The molecule has 6 nitrogen and oxygen atoms in total. The van der Waals surface area contributed by atoms with Gasteiger partial charge in [-0.3, -0.25) is 4.79 Å². The highest BCUT2D eigenvalue weighted by Crippen LogP contribution is 2.24. The number of hydrogen-bond acceptors (Lipinski definition) is 4. The van der Waals surface area contributed by atoms with Gasteiger partial charge in [-0.25, -0.2) is 4.68 Å². The van der Waals surface area contributed by atoms with E-state index in [1.807, 2.05) is 48.6 Å². The summed E-state index contributed by atoms with van der Waals surface area (Å²) >= 11 is 6.28. The van der Waals surface area contributed by atoms with Gasteiger partial charge in [-0.05, 0) is 51.3 Å². The number of aryl methyl sites for hydroxylation is 2. The van der Waals surface area contributed by atoms with Crippen LogP contribution in [0.5, 0.6) is 0 Å². The number of nitrogens with zero attached hydrogens (tertiary/aromatic N) is 4. The largest absolute Gasteiger partial charge is 0.381 e. The number of halogens is 1. The molecular formula is C22H27ClN4O2. The molecular weight excluding hydrogens is 388 g/mol. The first-order chi connectivity index (χ1) is 13.9. The minimum absolute atomic E-state index is 0.0415. The van der Waals surface area contributed by atoms with Crippen molar-refractivity contribution >= 4 is 17.5 Å². The molecule has 0 aliphatic carbocycles. The van der Waals surface area contributed by atoms with E-state index in [4.69, 9.17) is 21.6 Å². The van der Waals surface area contributed by atoms with Crippen molar-refractivity contribution in [2.45, 2.75) is 52.5 Å². The molecule has 154 valence electrons. The molecule has 1 amide bonds. The zero-order chi connectivity index (χ0) is 21.0. The Morgan fingerprint density at radius 1 is 1.34 bits per heavy atom. The summed E-state index contributed by atoms with van der Waals surface area (Å²) in [4.78, 5) is 15.1. The Kier molecular flexibility index (Phi) is 6.94. The molecule has 2 heterocycles. The van der Waals surface area contributed by atoms with Crippen LogP contribution < -0.4 is 0 Å². The number of benzene rings is 1. The molecule has 2 aromatic rings. The summed E-state index contributed by atoms with van der Waals surface area (Å²) in [6.45, 7) is 7.64. The van der Waals surface area contributed by atoms with Gasteiger partial charge in [0.1, 0.15) is 0 Å². The first-order valence-corrected chi connectivity index (χ1v) is 10.4. The van der Waals surface area contributed by atoms with Gasteiger partial charge in [0.2, 0.25) is 5.91 Å². The Morgan fingerprint density at radius 3 is 2.72 bits per heavy atom. The minimum Gasteiger partial charge on any atom is -0.381 e. The van der Waals surface area contributed by atoms with Crippen LogP contribution in [0.25, 0.3) is 5.69 Å². The Hall–Kier alpha value is -2.36. The van der Waals surface area contributed by atoms with Gasteiger partial charge in [0.05, 0.1) is 30.3 Å². The van der Waals surface area contributed by atoms with Crippen LogP contribution in [0.1, 0.15) is 41.8 Å². The third-order valence-electron chi connectivity index (χ3n) is 5.59. The van der Waals surface area contributed by atoms with E-state index in [0.717, 1.165) is 41.0 Å². The Morgan fingerprint density at radius 2 is 2.07 bits per heavy atom. The normalized spacial score (nSPS) is 14.6. The smallest absolute Gasteiger partial charge is 0.227 e. The van der Waals surface area contributed by atoms with Crippen molar-refractivity contribution in [2.24, 2.45) is 0 Å². The van der Waals surface area contributed by atoms with Crippen molar-refractivity contribution < 1.29 is 9.53 Å². The van der Waals surface area contributed by atoms with Gasteiger partial charge in [-0.2, -0.15) is 10.4 Å². The number of carbonyl (C=O) groups excluding carboxylic acids is 1. The van der Waals surface area contributed by atoms with E-state index < -0.39 is 0 Å². The van der Waals surface area contributed by atoms with Gasteiger partial charge in [-0.1, -0.05) is 17.7 Å². The monoisotopic (exact) mass is 414 g/mol. The standard InChI is InChI=1S/C22H27ClN4O2/c1-15-5-6-19(13-21(15)23)27-17(3)20(16(2)25-27)14-22(28)26(10-4-9-24)18-7-11-29-12-8-18/h5-6,13,18H,4,7-8,10-12,14H2,1-3H3. The highest BCUT2D eigenvalue weighted by Gasteiger charge is 2.27. The number of aromatic nitrogens is 2. The molecule has 0 spiro atoms. The molecule has 1 aromatic carbocycles. The lowest BCUT2D eigenvalue weighted by Gasteiger charge is -2.34. The van der Waals surface area contributed by atoms with Crippen LogP contribution in [0.3, 0.4) is 0 Å². The van der Waals surface area contributed by atoms with Crippen LogP contribution in [0.2, 0.25) is 5.02 Å². The molecule has 0 radical (unpaired) electrons. The second-order valence-corrected chi connectivity index (χ2v) is 7.92. The summed E-state index contributed by atoms with van der Waals surface area (Å²) < 4.78 is 7.28. The minimum atomic E-state index is 0.0415. The fraction of sp³-hybridized carbons (Fsp3) is 0.500. The highest BCUT2D eigenvalue weighted by molar-refractivity contribution is 6.31. The number of rotatable bonds is 6. The Balaban J connectivity index is 1.84. The molecule has 0 saturated carbocycles. The van der Waals surface area contributed by atoms with Crippen LogP contribution in [-0.2, 0) is 16.0 Å². The molecule has 29 heavy (non-hydrogen) atoms. The summed E-state index contributed by atoms with van der Waals surface area (Å²) in [5, 5.41) is 14.4. The average Bonchev–Trinajstić information content (AvgIpc) is 2.99. The third kappa shape index (κ3) is 4.80. The molecule has 0 bridgehead atoms. The number of ether oxygens (including phenoxy) is 1. The fourth-order valence-corrected chi connectivity index (χ4v) is 4.00. The van der Waals surface area contributed by atoms with Crippen molar-refractivity contribution in [3.8, 4) is 11.8 Å². The number of nitriles is 1. The highest BCUT2D eigenvalue weighted by atomic mass is 35.5. The molecule has 1 aromatic heterocycles. The van der Waals surface area contributed by atoms with Crippen LogP contribution in [-0.4, -0.2) is 46.4 Å². The van der Waals surface area contributed by atoms with Gasteiger partial charge < -0.3 is 9.64 Å². The molecule has 1 fully saturated rings. The van der Waals surface area contributed by atoms with E-state index >= 15 is 0 Å². The van der Waals surface area contributed by atoms with E-state index in [2.05, 4.69) is 11.2 Å². The lowest BCUT2D eigenvalue weighted by molar-refractivity contribution is -0.134. The van der Waals surface area contributed by atoms with Crippen molar-refractivity contribution in [1.82, 2.24) is 14.7 Å². The lowest BCUT2D eigenvalue weighted by Crippen LogP contribution is -2.44. The van der Waals surface area contributed by atoms with E-state index in [0.29, 0.717) is 31.2 Å². The Bertz CT molecular complexity index is 926. The summed E-state index contributed by atoms with van der Waals surface area (Å²) in [5.41, 5.74) is 4.59. The summed E-state index contributed by atoms with van der Waals surface area (Å²) in [6.07, 6.45) is 2.24. The first kappa shape index (κ1) is 21.4. The Labute approximate surface area is 177 Å². The number of hydrogen-bond donors (Lipinski definition) is 0. The van der Waals surface area contributed by atoms with Crippen LogP contribution in [0, 0.1) is 32.1 Å². The van der Waals surface area contributed by atoms with E-state index in [1.54, 1.807) is 0 Å². The molecule has 0 atom stereocenters. The molecule has 7 heteroatoms. The van der Waals surface area contributed by atoms with E-state index in [1.165, 1.54) is 0 Å². The number of carbonyl (C=O) groups is 1. The van der Waals surface area contributed by atoms with E-state index in [9.17, 15) is 4.79 Å². The zero-order valence-corrected chi connectivity index (χ0v) is 18.0. The predicted molar refractivity (Wildman–Crippen MR) is 112 cm³/mol. The van der Waals surface area contributed by atoms with E-state index in [-0.39, 0.29) is 18.4 Å². The van der Waals surface area contributed by atoms with Crippen molar-refractivity contribution in [3.63, 3.8) is 0 Å². The maximum atomic E-state index is 13.2. The average molecular weight is 415 g/mol. The first-order valence-electron chi connectivity index (χ1n) is 9.98. The molecule has 1 aliphatic rings. The lowest BCUT2D eigenvalue weighted by atomic mass is 10.0. The predicted octanol–water partition coefficient (Wildman–Crippen LogP) is 3.91. The zero-order valence-electron chi connectivity index (χ0n) is 17.2. The maximum Gasteiger partial charge on any atom is 0.227 e. The molecule has 0 unspecified atom stereocenters. The molecule has 1 saturated heterocycles. The maximum absolute atomic E-state index is 13.2. The number of amides is 1. The molecule has 1 aliphatic heterocycles. The summed E-state index contributed by atoms with van der Waals surface area (Å²) in [7, 11) is 0. The van der Waals surface area contributed by atoms with Gasteiger partial charge in [0.25, 0.3) is 0 Å². The van der Waals surface area contributed by atoms with Crippen LogP contribution >= 0.6 is 11.6 Å². The van der Waals surface area contributed by atoms with Crippen molar-refractivity contribution in [3.05, 3.63) is 45.7 Å². The summed E-state index contributed by atoms with van der Waals surface area (Å²) in [5.74, 6) is 0.0415. The van der Waals surface area contributed by atoms with Gasteiger partial charge in [0, 0.05) is 42.1 Å². The quantitative estimate of drug-likeness (QED) is 0.718. The van der Waals surface area contributed by atoms with Gasteiger partial charge in [-0.15, -0.1) is 0 Å². The van der Waals surface area contributed by atoms with Gasteiger partial charge >= 0.3 is 0 Å². The summed E-state index contributed by atoms with van der Waals surface area (Å²) in [6, 6.07) is 8.13. The van der Waals surface area contributed by atoms with Crippen molar-refractivity contribution in [2.75, 3.05) is 19.8 Å². The SMILES string of the molecule is Cc1ccc(-n2nc(C)c(CC(=O)N(CCC#N)C3CCOCC3)c2C)cc1Cl. The van der Waals surface area contributed by atoms with Gasteiger partial charge in [0.15, 0.2) is 0 Å².